The zero-order chi connectivity index (χ0) is 16.4. The number of fused-ring (bicyclic) bond motifs is 1. The SMILES string of the molecule is CCC(=O)N1CCc2cc(C(=O)NC3CCCCC3O)ccc21. The summed E-state index contributed by atoms with van der Waals surface area (Å²) in [5.74, 6) is -0.0229. The number of aliphatic hydroxyl groups excluding tert-OH is 1. The van der Waals surface area contributed by atoms with Crippen molar-refractivity contribution in [3.05, 3.63) is 29.3 Å². The Morgan fingerprint density at radius 2 is 2.09 bits per heavy atom. The molecule has 3 rings (SSSR count). The molecule has 1 aliphatic carbocycles. The summed E-state index contributed by atoms with van der Waals surface area (Å²) in [6.45, 7) is 2.55. The predicted octanol–water partition coefficient (Wildman–Crippen LogP) is 2.02. The van der Waals surface area contributed by atoms with Gasteiger partial charge in [-0.1, -0.05) is 19.8 Å². The Morgan fingerprint density at radius 3 is 2.83 bits per heavy atom. The van der Waals surface area contributed by atoms with Gasteiger partial charge in [0.25, 0.3) is 5.91 Å². The monoisotopic (exact) mass is 316 g/mol. The number of amides is 2. The standard InChI is InChI=1S/C18H24N2O3/c1-2-17(22)20-10-9-12-11-13(7-8-15(12)20)18(23)19-14-5-3-4-6-16(14)21/h7-8,11,14,16,21H,2-6,9-10H2,1H3,(H,19,23). The van der Waals surface area contributed by atoms with Gasteiger partial charge in [-0.3, -0.25) is 9.59 Å². The average Bonchev–Trinajstić information content (AvgIpc) is 2.99. The van der Waals surface area contributed by atoms with E-state index in [2.05, 4.69) is 5.32 Å². The summed E-state index contributed by atoms with van der Waals surface area (Å²) < 4.78 is 0. The minimum atomic E-state index is -0.445. The van der Waals surface area contributed by atoms with Gasteiger partial charge in [0.15, 0.2) is 0 Å². The number of aliphatic hydroxyl groups is 1. The van der Waals surface area contributed by atoms with Crippen molar-refractivity contribution in [1.29, 1.82) is 0 Å². The van der Waals surface area contributed by atoms with E-state index >= 15 is 0 Å². The first kappa shape index (κ1) is 16.0. The van der Waals surface area contributed by atoms with Gasteiger partial charge in [-0.25, -0.2) is 0 Å². The van der Waals surface area contributed by atoms with Crippen LogP contribution in [0.15, 0.2) is 18.2 Å². The molecule has 1 aliphatic heterocycles. The van der Waals surface area contributed by atoms with Crippen LogP contribution in [0.4, 0.5) is 5.69 Å². The molecule has 2 unspecified atom stereocenters. The Labute approximate surface area is 136 Å². The Morgan fingerprint density at radius 1 is 1.30 bits per heavy atom. The van der Waals surface area contributed by atoms with E-state index in [4.69, 9.17) is 0 Å². The van der Waals surface area contributed by atoms with Gasteiger partial charge in [-0.2, -0.15) is 0 Å². The number of hydrogen-bond acceptors (Lipinski definition) is 3. The summed E-state index contributed by atoms with van der Waals surface area (Å²) in [7, 11) is 0. The number of hydrogen-bond donors (Lipinski definition) is 2. The fraction of sp³-hybridized carbons (Fsp3) is 0.556. The van der Waals surface area contributed by atoms with Crippen LogP contribution < -0.4 is 10.2 Å². The lowest BCUT2D eigenvalue weighted by Crippen LogP contribution is -2.45. The lowest BCUT2D eigenvalue weighted by Gasteiger charge is -2.28. The molecule has 124 valence electrons. The molecule has 2 N–H and O–H groups in total. The summed E-state index contributed by atoms with van der Waals surface area (Å²) in [4.78, 5) is 26.1. The van der Waals surface area contributed by atoms with Gasteiger partial charge in [0.1, 0.15) is 0 Å². The molecule has 5 heteroatoms. The Kier molecular flexibility index (Phi) is 4.66. The van der Waals surface area contributed by atoms with Crippen LogP contribution in [0, 0.1) is 0 Å². The van der Waals surface area contributed by atoms with E-state index in [9.17, 15) is 14.7 Å². The Bertz CT molecular complexity index is 614. The van der Waals surface area contributed by atoms with Crippen LogP contribution in [0.25, 0.3) is 0 Å². The molecule has 1 aromatic rings. The predicted molar refractivity (Wildman–Crippen MR) is 88.5 cm³/mol. The van der Waals surface area contributed by atoms with Crippen LogP contribution in [0.3, 0.4) is 0 Å². The van der Waals surface area contributed by atoms with Gasteiger partial charge in [-0.05, 0) is 43.0 Å². The summed E-state index contributed by atoms with van der Waals surface area (Å²) in [5.41, 5.74) is 2.57. The number of nitrogens with one attached hydrogen (secondary N) is 1. The van der Waals surface area contributed by atoms with Crippen molar-refractivity contribution in [3.63, 3.8) is 0 Å². The van der Waals surface area contributed by atoms with Crippen LogP contribution in [0.2, 0.25) is 0 Å². The number of anilines is 1. The Balaban J connectivity index is 1.72. The summed E-state index contributed by atoms with van der Waals surface area (Å²) >= 11 is 0. The molecule has 0 radical (unpaired) electrons. The molecule has 1 aromatic carbocycles. The topological polar surface area (TPSA) is 69.6 Å². The molecule has 0 spiro atoms. The highest BCUT2D eigenvalue weighted by atomic mass is 16.3. The maximum absolute atomic E-state index is 12.4. The third-order valence-electron chi connectivity index (χ3n) is 4.89. The molecule has 0 saturated heterocycles. The molecule has 23 heavy (non-hydrogen) atoms. The van der Waals surface area contributed by atoms with Gasteiger partial charge in [0.05, 0.1) is 12.1 Å². The largest absolute Gasteiger partial charge is 0.391 e. The van der Waals surface area contributed by atoms with Crippen molar-refractivity contribution in [1.82, 2.24) is 5.32 Å². The highest BCUT2D eigenvalue weighted by molar-refractivity contribution is 5.98. The van der Waals surface area contributed by atoms with Crippen molar-refractivity contribution < 1.29 is 14.7 Å². The Hall–Kier alpha value is -1.88. The third kappa shape index (κ3) is 3.24. The molecular formula is C18H24N2O3. The van der Waals surface area contributed by atoms with Crippen LogP contribution in [0.1, 0.15) is 54.9 Å². The maximum atomic E-state index is 12.4. The molecule has 1 fully saturated rings. The zero-order valence-corrected chi connectivity index (χ0v) is 13.5. The summed E-state index contributed by atoms with van der Waals surface area (Å²) in [5, 5.41) is 12.9. The second kappa shape index (κ2) is 6.71. The highest BCUT2D eigenvalue weighted by Crippen LogP contribution is 2.29. The number of carbonyl (C=O) groups is 2. The molecule has 2 amide bonds. The summed E-state index contributed by atoms with van der Waals surface area (Å²) in [6.07, 6.45) is 4.48. The first-order chi connectivity index (χ1) is 11.1. The van der Waals surface area contributed by atoms with Crippen LogP contribution in [-0.2, 0) is 11.2 Å². The van der Waals surface area contributed by atoms with Crippen molar-refractivity contribution >= 4 is 17.5 Å². The second-order valence-corrected chi connectivity index (χ2v) is 6.42. The van der Waals surface area contributed by atoms with Crippen molar-refractivity contribution in [3.8, 4) is 0 Å². The van der Waals surface area contributed by atoms with E-state index in [0.29, 0.717) is 18.5 Å². The van der Waals surface area contributed by atoms with Gasteiger partial charge in [-0.15, -0.1) is 0 Å². The number of benzene rings is 1. The van der Waals surface area contributed by atoms with E-state index in [1.165, 1.54) is 0 Å². The van der Waals surface area contributed by atoms with Crippen molar-refractivity contribution in [2.45, 2.75) is 57.6 Å². The molecular weight excluding hydrogens is 292 g/mol. The van der Waals surface area contributed by atoms with E-state index < -0.39 is 6.10 Å². The van der Waals surface area contributed by atoms with Gasteiger partial charge >= 0.3 is 0 Å². The number of carbonyl (C=O) groups excluding carboxylic acids is 2. The van der Waals surface area contributed by atoms with Gasteiger partial charge < -0.3 is 15.3 Å². The zero-order valence-electron chi connectivity index (χ0n) is 13.5. The van der Waals surface area contributed by atoms with E-state index in [1.807, 2.05) is 19.1 Å². The fourth-order valence-corrected chi connectivity index (χ4v) is 3.52. The first-order valence-electron chi connectivity index (χ1n) is 8.52. The van der Waals surface area contributed by atoms with Gasteiger partial charge in [0, 0.05) is 24.2 Å². The fourth-order valence-electron chi connectivity index (χ4n) is 3.52. The highest BCUT2D eigenvalue weighted by Gasteiger charge is 2.27. The number of nitrogens with zero attached hydrogens (tertiary/aromatic N) is 1. The number of rotatable bonds is 3. The van der Waals surface area contributed by atoms with Crippen LogP contribution in [-0.4, -0.2) is 35.6 Å². The van der Waals surface area contributed by atoms with Crippen molar-refractivity contribution in [2.24, 2.45) is 0 Å². The maximum Gasteiger partial charge on any atom is 0.251 e. The average molecular weight is 316 g/mol. The molecule has 0 bridgehead atoms. The lowest BCUT2D eigenvalue weighted by molar-refractivity contribution is -0.118. The molecule has 1 saturated carbocycles. The lowest BCUT2D eigenvalue weighted by atomic mass is 9.92. The molecule has 2 atom stereocenters. The summed E-state index contributed by atoms with van der Waals surface area (Å²) in [6, 6.07) is 5.36. The van der Waals surface area contributed by atoms with E-state index in [0.717, 1.165) is 43.4 Å². The van der Waals surface area contributed by atoms with Crippen LogP contribution in [0.5, 0.6) is 0 Å². The van der Waals surface area contributed by atoms with Crippen LogP contribution >= 0.6 is 0 Å². The third-order valence-corrected chi connectivity index (χ3v) is 4.89. The first-order valence-corrected chi connectivity index (χ1v) is 8.52. The van der Waals surface area contributed by atoms with E-state index in [1.54, 1.807) is 11.0 Å². The molecule has 0 aromatic heterocycles. The second-order valence-electron chi connectivity index (χ2n) is 6.42. The molecule has 1 heterocycles. The van der Waals surface area contributed by atoms with E-state index in [-0.39, 0.29) is 17.9 Å². The molecule has 5 nitrogen and oxygen atoms in total. The smallest absolute Gasteiger partial charge is 0.251 e. The minimum Gasteiger partial charge on any atom is -0.391 e. The van der Waals surface area contributed by atoms with Gasteiger partial charge in [0.2, 0.25) is 5.91 Å². The molecule has 2 aliphatic rings. The quantitative estimate of drug-likeness (QED) is 0.896. The minimum absolute atomic E-state index is 0.117. The van der Waals surface area contributed by atoms with Crippen molar-refractivity contribution in [2.75, 3.05) is 11.4 Å². The normalized spacial score (nSPS) is 23.5.